The number of methoxy groups -OCH3 is 1. The number of hydrogen-bond donors (Lipinski definition) is 0. The van der Waals surface area contributed by atoms with Crippen molar-refractivity contribution in [3.63, 3.8) is 0 Å². The van der Waals surface area contributed by atoms with E-state index in [0.717, 1.165) is 12.0 Å². The summed E-state index contributed by atoms with van der Waals surface area (Å²) < 4.78 is 10.7. The van der Waals surface area contributed by atoms with Gasteiger partial charge in [-0.15, -0.1) is 0 Å². The van der Waals surface area contributed by atoms with E-state index in [1.54, 1.807) is 13.2 Å². The molecule has 1 heterocycles. The number of hydrogen-bond acceptors (Lipinski definition) is 4. The van der Waals surface area contributed by atoms with Crippen molar-refractivity contribution in [2.75, 3.05) is 26.9 Å². The minimum atomic E-state index is -0.171. The van der Waals surface area contributed by atoms with Crippen molar-refractivity contribution in [1.29, 1.82) is 0 Å². The molecule has 0 aromatic heterocycles. The van der Waals surface area contributed by atoms with Crippen LogP contribution < -0.4 is 9.47 Å². The molecule has 5 heteroatoms. The minimum Gasteiger partial charge on any atom is -0.493 e. The highest BCUT2D eigenvalue weighted by atomic mass is 16.7. The van der Waals surface area contributed by atoms with Gasteiger partial charge in [-0.3, -0.25) is 9.63 Å². The molecule has 0 bridgehead atoms. The normalized spacial score (nSPS) is 14.7. The molecule has 0 atom stereocenters. The lowest BCUT2D eigenvalue weighted by Gasteiger charge is -2.15. The topological polar surface area (TPSA) is 48.0 Å². The zero-order valence-electron chi connectivity index (χ0n) is 10.6. The van der Waals surface area contributed by atoms with Gasteiger partial charge in [-0.2, -0.15) is 0 Å². The molecule has 1 aromatic carbocycles. The molecule has 2 rings (SSSR count). The second kappa shape index (κ2) is 5.73. The van der Waals surface area contributed by atoms with Crippen LogP contribution >= 0.6 is 0 Å². The fourth-order valence-electron chi connectivity index (χ4n) is 1.75. The van der Waals surface area contributed by atoms with Crippen molar-refractivity contribution >= 4 is 5.91 Å². The Labute approximate surface area is 106 Å². The highest BCUT2D eigenvalue weighted by Gasteiger charge is 2.20. The number of rotatable bonds is 4. The van der Waals surface area contributed by atoms with Gasteiger partial charge < -0.3 is 9.47 Å². The Bertz CT molecular complexity index is 427. The maximum absolute atomic E-state index is 11.7. The van der Waals surface area contributed by atoms with Crippen LogP contribution in [0, 0.1) is 6.92 Å². The van der Waals surface area contributed by atoms with E-state index in [-0.39, 0.29) is 12.5 Å². The molecule has 1 aliphatic rings. The van der Waals surface area contributed by atoms with E-state index in [0.29, 0.717) is 24.7 Å². The van der Waals surface area contributed by atoms with E-state index in [4.69, 9.17) is 14.3 Å². The standard InChI is InChI=1S/C13H17NO4/c1-10-4-5-11(12(8-10)16-2)17-9-13(15)14-6-3-7-18-14/h4-5,8H,3,6-7,9H2,1-2H3. The van der Waals surface area contributed by atoms with Crippen molar-refractivity contribution in [1.82, 2.24) is 5.06 Å². The zero-order valence-corrected chi connectivity index (χ0v) is 10.6. The third-order valence-electron chi connectivity index (χ3n) is 2.70. The summed E-state index contributed by atoms with van der Waals surface area (Å²) in [5.41, 5.74) is 1.08. The summed E-state index contributed by atoms with van der Waals surface area (Å²) in [6.45, 7) is 3.15. The molecule has 1 saturated heterocycles. The largest absolute Gasteiger partial charge is 0.493 e. The Morgan fingerprint density at radius 2 is 2.28 bits per heavy atom. The van der Waals surface area contributed by atoms with Gasteiger partial charge in [0.15, 0.2) is 18.1 Å². The monoisotopic (exact) mass is 251 g/mol. The van der Waals surface area contributed by atoms with E-state index in [1.165, 1.54) is 5.06 Å². The summed E-state index contributed by atoms with van der Waals surface area (Å²) in [4.78, 5) is 16.9. The van der Waals surface area contributed by atoms with Crippen molar-refractivity contribution in [2.24, 2.45) is 0 Å². The second-order valence-electron chi connectivity index (χ2n) is 4.13. The van der Waals surface area contributed by atoms with Crippen LogP contribution in [0.3, 0.4) is 0 Å². The molecule has 1 aliphatic heterocycles. The highest BCUT2D eigenvalue weighted by molar-refractivity contribution is 5.77. The molecule has 1 aromatic rings. The summed E-state index contributed by atoms with van der Waals surface area (Å²) >= 11 is 0. The SMILES string of the molecule is COc1cc(C)ccc1OCC(=O)N1CCCO1. The van der Waals surface area contributed by atoms with E-state index >= 15 is 0 Å². The Kier molecular flexibility index (Phi) is 4.04. The molecular formula is C13H17NO4. The lowest BCUT2D eigenvalue weighted by Crippen LogP contribution is -2.31. The first kappa shape index (κ1) is 12.7. The summed E-state index contributed by atoms with van der Waals surface area (Å²) in [6.07, 6.45) is 0.875. The number of aryl methyl sites for hydroxylation is 1. The van der Waals surface area contributed by atoms with Gasteiger partial charge in [-0.1, -0.05) is 6.07 Å². The molecular weight excluding hydrogens is 234 g/mol. The van der Waals surface area contributed by atoms with Crippen molar-refractivity contribution in [2.45, 2.75) is 13.3 Å². The van der Waals surface area contributed by atoms with Crippen molar-refractivity contribution in [3.8, 4) is 11.5 Å². The first-order chi connectivity index (χ1) is 8.70. The Balaban J connectivity index is 1.95. The van der Waals surface area contributed by atoms with Gasteiger partial charge in [0, 0.05) is 0 Å². The number of carbonyl (C=O) groups excluding carboxylic acids is 1. The summed E-state index contributed by atoms with van der Waals surface area (Å²) in [5.74, 6) is 1.02. The lowest BCUT2D eigenvalue weighted by molar-refractivity contribution is -0.170. The average molecular weight is 251 g/mol. The molecule has 0 unspecified atom stereocenters. The fourth-order valence-corrected chi connectivity index (χ4v) is 1.75. The van der Waals surface area contributed by atoms with Crippen LogP contribution in [0.4, 0.5) is 0 Å². The zero-order chi connectivity index (χ0) is 13.0. The Morgan fingerprint density at radius 1 is 1.44 bits per heavy atom. The van der Waals surface area contributed by atoms with Crippen LogP contribution in [0.5, 0.6) is 11.5 Å². The highest BCUT2D eigenvalue weighted by Crippen LogP contribution is 2.27. The Hall–Kier alpha value is -1.75. The predicted octanol–water partition coefficient (Wildman–Crippen LogP) is 1.55. The summed E-state index contributed by atoms with van der Waals surface area (Å²) in [6, 6.07) is 5.58. The number of benzene rings is 1. The van der Waals surface area contributed by atoms with Gasteiger partial charge in [-0.05, 0) is 31.0 Å². The summed E-state index contributed by atoms with van der Waals surface area (Å²) in [7, 11) is 1.58. The second-order valence-corrected chi connectivity index (χ2v) is 4.13. The van der Waals surface area contributed by atoms with E-state index in [2.05, 4.69) is 0 Å². The first-order valence-corrected chi connectivity index (χ1v) is 5.91. The van der Waals surface area contributed by atoms with Gasteiger partial charge in [-0.25, -0.2) is 5.06 Å². The number of hydroxylamine groups is 2. The third kappa shape index (κ3) is 2.92. The van der Waals surface area contributed by atoms with Crippen LogP contribution in [0.25, 0.3) is 0 Å². The van der Waals surface area contributed by atoms with Crippen LogP contribution in [0.1, 0.15) is 12.0 Å². The van der Waals surface area contributed by atoms with Crippen LogP contribution in [-0.2, 0) is 9.63 Å². The molecule has 0 N–H and O–H groups in total. The van der Waals surface area contributed by atoms with Gasteiger partial charge in [0.2, 0.25) is 0 Å². The number of nitrogens with zero attached hydrogens (tertiary/aromatic N) is 1. The van der Waals surface area contributed by atoms with Crippen molar-refractivity contribution in [3.05, 3.63) is 23.8 Å². The quantitative estimate of drug-likeness (QED) is 0.814. The maximum Gasteiger partial charge on any atom is 0.284 e. The van der Waals surface area contributed by atoms with E-state index in [9.17, 15) is 4.79 Å². The number of amides is 1. The van der Waals surface area contributed by atoms with Gasteiger partial charge in [0.05, 0.1) is 20.3 Å². The van der Waals surface area contributed by atoms with Gasteiger partial charge >= 0.3 is 0 Å². The van der Waals surface area contributed by atoms with E-state index < -0.39 is 0 Å². The lowest BCUT2D eigenvalue weighted by atomic mass is 10.2. The fraction of sp³-hybridized carbons (Fsp3) is 0.462. The Morgan fingerprint density at radius 3 is 2.94 bits per heavy atom. The molecule has 1 amide bonds. The molecule has 0 saturated carbocycles. The van der Waals surface area contributed by atoms with Crippen LogP contribution in [0.2, 0.25) is 0 Å². The molecule has 1 fully saturated rings. The smallest absolute Gasteiger partial charge is 0.284 e. The minimum absolute atomic E-state index is 0.0422. The molecule has 98 valence electrons. The van der Waals surface area contributed by atoms with Crippen molar-refractivity contribution < 1.29 is 19.1 Å². The van der Waals surface area contributed by atoms with E-state index in [1.807, 2.05) is 19.1 Å². The molecule has 18 heavy (non-hydrogen) atoms. The third-order valence-corrected chi connectivity index (χ3v) is 2.70. The predicted molar refractivity (Wildman–Crippen MR) is 65.5 cm³/mol. The molecule has 5 nitrogen and oxygen atoms in total. The van der Waals surface area contributed by atoms with Crippen LogP contribution in [-0.4, -0.2) is 37.8 Å². The van der Waals surface area contributed by atoms with Gasteiger partial charge in [0.25, 0.3) is 5.91 Å². The average Bonchev–Trinajstić information content (AvgIpc) is 2.90. The first-order valence-electron chi connectivity index (χ1n) is 5.91. The molecule has 0 radical (unpaired) electrons. The molecule has 0 spiro atoms. The molecule has 0 aliphatic carbocycles. The summed E-state index contributed by atoms with van der Waals surface area (Å²) in [5, 5.41) is 1.35. The van der Waals surface area contributed by atoms with Crippen LogP contribution in [0.15, 0.2) is 18.2 Å². The maximum atomic E-state index is 11.7. The number of ether oxygens (including phenoxy) is 2. The number of carbonyl (C=O) groups is 1. The van der Waals surface area contributed by atoms with Gasteiger partial charge in [0.1, 0.15) is 0 Å².